The Bertz CT molecular complexity index is 719. The van der Waals surface area contributed by atoms with E-state index < -0.39 is 23.7 Å². The molecule has 0 unspecified atom stereocenters. The minimum Gasteiger partial charge on any atom is -0.497 e. The molecule has 4 nitrogen and oxygen atoms in total. The van der Waals surface area contributed by atoms with Gasteiger partial charge in [-0.2, -0.15) is 0 Å². The largest absolute Gasteiger partial charge is 0.573 e. The molecular formula is C17H13F3O4. The molecule has 2 aromatic carbocycles. The zero-order valence-electron chi connectivity index (χ0n) is 12.6. The number of Topliss-reactive ketones (excluding diaryl/α,β-unsaturated/α-hetero) is 2. The van der Waals surface area contributed by atoms with Gasteiger partial charge in [-0.25, -0.2) is 0 Å². The number of methoxy groups -OCH3 is 1. The molecule has 0 bridgehead atoms. The lowest BCUT2D eigenvalue weighted by atomic mass is 10.0. The molecule has 0 aliphatic carbocycles. The third-order valence-electron chi connectivity index (χ3n) is 3.14. The molecular weight excluding hydrogens is 325 g/mol. The van der Waals surface area contributed by atoms with Crippen molar-refractivity contribution < 1.29 is 32.2 Å². The van der Waals surface area contributed by atoms with Gasteiger partial charge in [0.15, 0.2) is 11.6 Å². The van der Waals surface area contributed by atoms with Crippen molar-refractivity contribution >= 4 is 11.6 Å². The molecule has 0 aliphatic heterocycles. The lowest BCUT2D eigenvalue weighted by Crippen LogP contribution is -2.17. The molecule has 0 aromatic heterocycles. The van der Waals surface area contributed by atoms with E-state index in [2.05, 4.69) is 4.74 Å². The summed E-state index contributed by atoms with van der Waals surface area (Å²) >= 11 is 0. The number of carbonyl (C=O) groups is 2. The zero-order valence-corrected chi connectivity index (χ0v) is 12.6. The summed E-state index contributed by atoms with van der Waals surface area (Å²) in [7, 11) is 1.49. The second kappa shape index (κ2) is 7.16. The molecule has 0 saturated carbocycles. The number of ketones is 2. The van der Waals surface area contributed by atoms with E-state index in [1.807, 2.05) is 0 Å². The van der Waals surface area contributed by atoms with Crippen molar-refractivity contribution in [2.75, 3.05) is 7.11 Å². The summed E-state index contributed by atoms with van der Waals surface area (Å²) < 4.78 is 44.9. The first-order valence-electron chi connectivity index (χ1n) is 6.85. The molecule has 0 N–H and O–H groups in total. The number of rotatable bonds is 6. The third kappa shape index (κ3) is 4.84. The molecule has 0 radical (unpaired) electrons. The van der Waals surface area contributed by atoms with Crippen LogP contribution >= 0.6 is 0 Å². The van der Waals surface area contributed by atoms with Crippen LogP contribution in [0, 0.1) is 0 Å². The highest BCUT2D eigenvalue weighted by molar-refractivity contribution is 6.13. The molecule has 126 valence electrons. The summed E-state index contributed by atoms with van der Waals surface area (Å²) in [4.78, 5) is 24.1. The predicted molar refractivity (Wildman–Crippen MR) is 79.4 cm³/mol. The maximum absolute atomic E-state index is 12.1. The van der Waals surface area contributed by atoms with Gasteiger partial charge in [0, 0.05) is 11.1 Å². The molecule has 0 heterocycles. The SMILES string of the molecule is COc1ccc(C(=O)CC(=O)c2ccc(OC(F)(F)F)cc2)cc1. The summed E-state index contributed by atoms with van der Waals surface area (Å²) in [5.74, 6) is -0.730. The van der Waals surface area contributed by atoms with E-state index in [9.17, 15) is 22.8 Å². The maximum Gasteiger partial charge on any atom is 0.573 e. The second-order valence-electron chi connectivity index (χ2n) is 4.82. The van der Waals surface area contributed by atoms with E-state index in [0.29, 0.717) is 11.3 Å². The number of carbonyl (C=O) groups excluding carboxylic acids is 2. The highest BCUT2D eigenvalue weighted by Crippen LogP contribution is 2.23. The molecule has 2 aromatic rings. The molecule has 0 atom stereocenters. The number of alkyl halides is 3. The van der Waals surface area contributed by atoms with Crippen molar-refractivity contribution in [3.63, 3.8) is 0 Å². The first-order chi connectivity index (χ1) is 11.3. The van der Waals surface area contributed by atoms with Gasteiger partial charge in [0.05, 0.1) is 13.5 Å². The molecule has 7 heteroatoms. The lowest BCUT2D eigenvalue weighted by Gasteiger charge is -2.09. The van der Waals surface area contributed by atoms with Crippen LogP contribution in [0.25, 0.3) is 0 Å². The molecule has 0 fully saturated rings. The zero-order chi connectivity index (χ0) is 17.7. The van der Waals surface area contributed by atoms with Crippen molar-refractivity contribution in [1.82, 2.24) is 0 Å². The summed E-state index contributed by atoms with van der Waals surface area (Å²) in [6, 6.07) is 10.7. The van der Waals surface area contributed by atoms with Gasteiger partial charge >= 0.3 is 6.36 Å². The fourth-order valence-corrected chi connectivity index (χ4v) is 1.97. The topological polar surface area (TPSA) is 52.6 Å². The first kappa shape index (κ1) is 17.5. The molecule has 0 saturated heterocycles. The molecule has 0 amide bonds. The van der Waals surface area contributed by atoms with Gasteiger partial charge in [-0.1, -0.05) is 0 Å². The van der Waals surface area contributed by atoms with Gasteiger partial charge in [0.2, 0.25) is 0 Å². The Balaban J connectivity index is 2.02. The van der Waals surface area contributed by atoms with Crippen LogP contribution in [0.1, 0.15) is 27.1 Å². The lowest BCUT2D eigenvalue weighted by molar-refractivity contribution is -0.274. The van der Waals surface area contributed by atoms with E-state index >= 15 is 0 Å². The van der Waals surface area contributed by atoms with Gasteiger partial charge < -0.3 is 9.47 Å². The van der Waals surface area contributed by atoms with Gasteiger partial charge in [-0.3, -0.25) is 9.59 Å². The Labute approximate surface area is 135 Å². The number of halogens is 3. The summed E-state index contributed by atoms with van der Waals surface area (Å²) in [6.07, 6.45) is -5.18. The standard InChI is InChI=1S/C17H13F3O4/c1-23-13-6-2-11(3-7-13)15(21)10-16(22)12-4-8-14(9-5-12)24-17(18,19)20/h2-9H,10H2,1H3. The number of benzene rings is 2. The Morgan fingerprint density at radius 2 is 1.25 bits per heavy atom. The monoisotopic (exact) mass is 338 g/mol. The average Bonchev–Trinajstić information content (AvgIpc) is 2.54. The Kier molecular flexibility index (Phi) is 5.23. The van der Waals surface area contributed by atoms with E-state index in [1.165, 1.54) is 31.4 Å². The van der Waals surface area contributed by atoms with Crippen LogP contribution in [-0.2, 0) is 0 Å². The molecule has 24 heavy (non-hydrogen) atoms. The molecule has 2 rings (SSSR count). The fraction of sp³-hybridized carbons (Fsp3) is 0.176. The maximum atomic E-state index is 12.1. The van der Waals surface area contributed by atoms with Crippen molar-refractivity contribution in [3.8, 4) is 11.5 Å². The Morgan fingerprint density at radius 3 is 1.62 bits per heavy atom. The highest BCUT2D eigenvalue weighted by Gasteiger charge is 2.31. The quantitative estimate of drug-likeness (QED) is 0.589. The number of hydrogen-bond acceptors (Lipinski definition) is 4. The second-order valence-corrected chi connectivity index (χ2v) is 4.82. The van der Waals surface area contributed by atoms with Crippen LogP contribution in [0.15, 0.2) is 48.5 Å². The van der Waals surface area contributed by atoms with E-state index in [1.54, 1.807) is 12.1 Å². The van der Waals surface area contributed by atoms with Crippen molar-refractivity contribution in [2.24, 2.45) is 0 Å². The van der Waals surface area contributed by atoms with Gasteiger partial charge in [-0.05, 0) is 48.5 Å². The van der Waals surface area contributed by atoms with Crippen LogP contribution in [-0.4, -0.2) is 25.0 Å². The normalized spacial score (nSPS) is 11.0. The van der Waals surface area contributed by atoms with Crippen LogP contribution in [0.3, 0.4) is 0 Å². The third-order valence-corrected chi connectivity index (χ3v) is 3.14. The highest BCUT2D eigenvalue weighted by atomic mass is 19.4. The summed E-state index contributed by atoms with van der Waals surface area (Å²) in [6.45, 7) is 0. The van der Waals surface area contributed by atoms with Gasteiger partial charge in [0.1, 0.15) is 11.5 Å². The van der Waals surface area contributed by atoms with Gasteiger partial charge in [-0.15, -0.1) is 13.2 Å². The Hall–Kier alpha value is -2.83. The number of hydrogen-bond donors (Lipinski definition) is 0. The number of ether oxygens (including phenoxy) is 2. The minimum atomic E-state index is -4.80. The van der Waals surface area contributed by atoms with Crippen molar-refractivity contribution in [1.29, 1.82) is 0 Å². The van der Waals surface area contributed by atoms with Crippen LogP contribution in [0.4, 0.5) is 13.2 Å². The fourth-order valence-electron chi connectivity index (χ4n) is 1.97. The van der Waals surface area contributed by atoms with Crippen LogP contribution in [0.2, 0.25) is 0 Å². The predicted octanol–water partition coefficient (Wildman–Crippen LogP) is 4.05. The molecule has 0 aliphatic rings. The van der Waals surface area contributed by atoms with Crippen molar-refractivity contribution in [3.05, 3.63) is 59.7 Å². The van der Waals surface area contributed by atoms with Crippen LogP contribution < -0.4 is 9.47 Å². The Morgan fingerprint density at radius 1 is 0.833 bits per heavy atom. The summed E-state index contributed by atoms with van der Waals surface area (Å²) in [5, 5.41) is 0. The van der Waals surface area contributed by atoms with Crippen molar-refractivity contribution in [2.45, 2.75) is 12.8 Å². The minimum absolute atomic E-state index is 0.131. The van der Waals surface area contributed by atoms with Gasteiger partial charge in [0.25, 0.3) is 0 Å². The van der Waals surface area contributed by atoms with E-state index in [4.69, 9.17) is 4.74 Å². The molecule has 0 spiro atoms. The first-order valence-corrected chi connectivity index (χ1v) is 6.85. The van der Waals surface area contributed by atoms with Crippen LogP contribution in [0.5, 0.6) is 11.5 Å². The summed E-state index contributed by atoms with van der Waals surface area (Å²) in [5.41, 5.74) is 0.479. The van der Waals surface area contributed by atoms with E-state index in [0.717, 1.165) is 12.1 Å². The average molecular weight is 338 g/mol. The smallest absolute Gasteiger partial charge is 0.497 e. The van der Waals surface area contributed by atoms with E-state index in [-0.39, 0.29) is 12.0 Å².